The Kier molecular flexibility index (Phi) is 6.45. The largest absolute Gasteiger partial charge is 0.497 e. The van der Waals surface area contributed by atoms with Crippen LogP contribution in [0.15, 0.2) is 53.4 Å². The third-order valence-corrected chi connectivity index (χ3v) is 7.53. The quantitative estimate of drug-likeness (QED) is 0.669. The summed E-state index contributed by atoms with van der Waals surface area (Å²) in [5.41, 5.74) is 1.25. The van der Waals surface area contributed by atoms with Gasteiger partial charge in [0, 0.05) is 17.5 Å². The summed E-state index contributed by atoms with van der Waals surface area (Å²) in [4.78, 5) is 0.775. The van der Waals surface area contributed by atoms with E-state index in [-0.39, 0.29) is 6.04 Å². The van der Waals surface area contributed by atoms with E-state index in [9.17, 15) is 4.21 Å². The molecule has 5 heteroatoms. The molecule has 0 radical (unpaired) electrons. The first-order valence-corrected chi connectivity index (χ1v) is 11.1. The van der Waals surface area contributed by atoms with Gasteiger partial charge in [-0.2, -0.15) is 0 Å². The highest BCUT2D eigenvalue weighted by Gasteiger charge is 2.29. The monoisotopic (exact) mass is 387 g/mol. The fourth-order valence-electron chi connectivity index (χ4n) is 3.74. The Morgan fingerprint density at radius 3 is 2.52 bits per heavy atom. The van der Waals surface area contributed by atoms with Crippen LogP contribution in [0.5, 0.6) is 11.5 Å². The zero-order valence-corrected chi connectivity index (χ0v) is 17.0. The van der Waals surface area contributed by atoms with Crippen molar-refractivity contribution in [2.75, 3.05) is 20.8 Å². The number of piperidine rings is 1. The number of benzene rings is 2. The van der Waals surface area contributed by atoms with Gasteiger partial charge >= 0.3 is 0 Å². The van der Waals surface area contributed by atoms with E-state index in [1.165, 1.54) is 12.0 Å². The van der Waals surface area contributed by atoms with Gasteiger partial charge in [-0.3, -0.25) is 0 Å². The first-order valence-electron chi connectivity index (χ1n) is 9.45. The minimum absolute atomic E-state index is 0.275. The number of ether oxygens (including phenoxy) is 2. The van der Waals surface area contributed by atoms with Crippen LogP contribution in [-0.2, 0) is 16.1 Å². The summed E-state index contributed by atoms with van der Waals surface area (Å²) in [6, 6.07) is 15.9. The predicted molar refractivity (Wildman–Crippen MR) is 112 cm³/mol. The van der Waals surface area contributed by atoms with Crippen molar-refractivity contribution in [2.24, 2.45) is 0 Å². The van der Waals surface area contributed by atoms with Crippen LogP contribution in [-0.4, -0.2) is 41.2 Å². The molecule has 0 saturated carbocycles. The van der Waals surface area contributed by atoms with Gasteiger partial charge in [0.25, 0.3) is 0 Å². The predicted octanol–water partition coefficient (Wildman–Crippen LogP) is 4.18. The van der Waals surface area contributed by atoms with Gasteiger partial charge in [-0.05, 0) is 73.5 Å². The van der Waals surface area contributed by atoms with Gasteiger partial charge in [-0.15, -0.1) is 0 Å². The standard InChI is InChI=1S/C22H29NO3S/c1-25-20-12-14-22(15-13-20)27(3,24)23-16-5-4-8-19(23)11-10-18-7-6-9-21(17-18)26-2/h6-7,9,12-15,17,19H,3-5,8,10-11,16H2,1-2H3. The molecular formula is C22H29NO3S. The van der Waals surface area contributed by atoms with Crippen LogP contribution >= 0.6 is 0 Å². The fraction of sp³-hybridized carbons (Fsp3) is 0.409. The second-order valence-electron chi connectivity index (χ2n) is 7.00. The van der Waals surface area contributed by atoms with Gasteiger partial charge in [0.2, 0.25) is 0 Å². The van der Waals surface area contributed by atoms with Crippen molar-refractivity contribution in [2.45, 2.75) is 43.0 Å². The molecule has 0 bridgehead atoms. The van der Waals surface area contributed by atoms with Gasteiger partial charge in [0.05, 0.1) is 23.9 Å². The van der Waals surface area contributed by atoms with Gasteiger partial charge in [0.1, 0.15) is 11.5 Å². The molecule has 0 N–H and O–H groups in total. The Morgan fingerprint density at radius 2 is 1.81 bits per heavy atom. The van der Waals surface area contributed by atoms with Crippen molar-refractivity contribution in [1.29, 1.82) is 0 Å². The van der Waals surface area contributed by atoms with E-state index in [1.54, 1.807) is 14.2 Å². The van der Waals surface area contributed by atoms with Crippen LogP contribution in [0.3, 0.4) is 0 Å². The molecule has 1 aliphatic rings. The maximum Gasteiger partial charge on any atom is 0.119 e. The molecule has 1 fully saturated rings. The number of hydrogen-bond acceptors (Lipinski definition) is 3. The topological polar surface area (TPSA) is 38.8 Å². The molecule has 2 aromatic rings. The van der Waals surface area contributed by atoms with Crippen molar-refractivity contribution >= 4 is 15.6 Å². The van der Waals surface area contributed by atoms with Crippen LogP contribution < -0.4 is 9.47 Å². The Balaban J connectivity index is 1.75. The molecule has 2 unspecified atom stereocenters. The summed E-state index contributed by atoms with van der Waals surface area (Å²) in [6.07, 6.45) is 5.22. The van der Waals surface area contributed by atoms with E-state index in [0.717, 1.165) is 48.6 Å². The van der Waals surface area contributed by atoms with Crippen LogP contribution in [0, 0.1) is 0 Å². The van der Waals surface area contributed by atoms with Crippen LogP contribution in [0.2, 0.25) is 0 Å². The first-order chi connectivity index (χ1) is 13.0. The molecule has 3 rings (SSSR count). The number of methoxy groups -OCH3 is 2. The third-order valence-electron chi connectivity index (χ3n) is 5.28. The van der Waals surface area contributed by atoms with E-state index in [1.807, 2.05) is 36.4 Å². The lowest BCUT2D eigenvalue weighted by molar-refractivity contribution is 0.250. The van der Waals surface area contributed by atoms with Crippen LogP contribution in [0.4, 0.5) is 0 Å². The molecule has 1 aliphatic heterocycles. The summed E-state index contributed by atoms with van der Waals surface area (Å²) in [5, 5.41) is 0. The molecule has 2 aromatic carbocycles. The summed E-state index contributed by atoms with van der Waals surface area (Å²) in [5.74, 6) is 5.79. The average Bonchev–Trinajstić information content (AvgIpc) is 2.72. The number of hydrogen-bond donors (Lipinski definition) is 0. The Bertz CT molecular complexity index is 846. The van der Waals surface area contributed by atoms with E-state index in [0.29, 0.717) is 0 Å². The third kappa shape index (κ3) is 4.66. The highest BCUT2D eigenvalue weighted by molar-refractivity contribution is 7.98. The Morgan fingerprint density at radius 1 is 1.07 bits per heavy atom. The lowest BCUT2D eigenvalue weighted by atomic mass is 9.98. The van der Waals surface area contributed by atoms with Crippen molar-refractivity contribution in [1.82, 2.24) is 4.31 Å². The van der Waals surface area contributed by atoms with E-state index in [4.69, 9.17) is 9.47 Å². The molecule has 1 saturated heterocycles. The summed E-state index contributed by atoms with van der Waals surface area (Å²) in [6.45, 7) is 0.830. The molecular weight excluding hydrogens is 358 g/mol. The molecule has 4 nitrogen and oxygen atoms in total. The zero-order chi connectivity index (χ0) is 19.3. The number of rotatable bonds is 7. The van der Waals surface area contributed by atoms with Gasteiger partial charge in [-0.1, -0.05) is 18.6 Å². The minimum atomic E-state index is -2.50. The Hall–Kier alpha value is -1.98. The van der Waals surface area contributed by atoms with Crippen molar-refractivity contribution in [3.63, 3.8) is 0 Å². The molecule has 2 atom stereocenters. The van der Waals surface area contributed by atoms with Crippen molar-refractivity contribution in [3.8, 4) is 11.5 Å². The summed E-state index contributed by atoms with van der Waals surface area (Å²) in [7, 11) is 0.824. The molecule has 1 heterocycles. The summed E-state index contributed by atoms with van der Waals surface area (Å²) >= 11 is 0. The van der Waals surface area contributed by atoms with E-state index >= 15 is 0 Å². The number of aryl methyl sites for hydroxylation is 1. The summed E-state index contributed by atoms with van der Waals surface area (Å²) < 4.78 is 26.3. The maximum atomic E-state index is 13.6. The van der Waals surface area contributed by atoms with Gasteiger partial charge in [0.15, 0.2) is 0 Å². The van der Waals surface area contributed by atoms with Gasteiger partial charge in [-0.25, -0.2) is 8.51 Å². The normalized spacial score (nSPS) is 20.0. The lowest BCUT2D eigenvalue weighted by Crippen LogP contribution is -2.43. The smallest absolute Gasteiger partial charge is 0.119 e. The zero-order valence-electron chi connectivity index (χ0n) is 16.2. The Labute approximate surface area is 163 Å². The SMILES string of the molecule is C=S(=O)(c1ccc(OC)cc1)N1CCCCC1CCc1cccc(OC)c1. The van der Waals surface area contributed by atoms with Crippen molar-refractivity contribution in [3.05, 3.63) is 54.1 Å². The second-order valence-corrected chi connectivity index (χ2v) is 9.22. The van der Waals surface area contributed by atoms with E-state index < -0.39 is 9.71 Å². The fourth-order valence-corrected chi connectivity index (χ4v) is 5.68. The van der Waals surface area contributed by atoms with Crippen molar-refractivity contribution < 1.29 is 13.7 Å². The highest BCUT2D eigenvalue weighted by Crippen LogP contribution is 2.29. The molecule has 0 spiro atoms. The molecule has 0 aromatic heterocycles. The molecule has 27 heavy (non-hydrogen) atoms. The van der Waals surface area contributed by atoms with Gasteiger partial charge < -0.3 is 9.47 Å². The molecule has 0 aliphatic carbocycles. The highest BCUT2D eigenvalue weighted by atomic mass is 32.2. The minimum Gasteiger partial charge on any atom is -0.497 e. The number of nitrogens with zero attached hydrogens (tertiary/aromatic N) is 1. The second kappa shape index (κ2) is 8.81. The van der Waals surface area contributed by atoms with Crippen LogP contribution in [0.1, 0.15) is 31.2 Å². The lowest BCUT2D eigenvalue weighted by Gasteiger charge is -2.38. The van der Waals surface area contributed by atoms with Crippen LogP contribution in [0.25, 0.3) is 0 Å². The first kappa shape index (κ1) is 19.8. The molecule has 0 amide bonds. The van der Waals surface area contributed by atoms with E-state index in [2.05, 4.69) is 22.3 Å². The molecule has 146 valence electrons. The average molecular weight is 388 g/mol. The maximum absolute atomic E-state index is 13.6.